The maximum Gasteiger partial charge on any atom is 0.340 e. The summed E-state index contributed by atoms with van der Waals surface area (Å²) < 4.78 is 10.8. The van der Waals surface area contributed by atoms with Crippen molar-refractivity contribution < 1.29 is 14.3 Å². The van der Waals surface area contributed by atoms with Crippen molar-refractivity contribution in [1.29, 1.82) is 0 Å². The Balaban J connectivity index is 1.39. The zero-order valence-electron chi connectivity index (χ0n) is 18.0. The van der Waals surface area contributed by atoms with Crippen LogP contribution in [0.15, 0.2) is 42.6 Å². The highest BCUT2D eigenvalue weighted by atomic mass is 35.5. The van der Waals surface area contributed by atoms with Gasteiger partial charge in [-0.25, -0.2) is 4.79 Å². The highest BCUT2D eigenvalue weighted by molar-refractivity contribution is 6.34. The fourth-order valence-electron chi connectivity index (χ4n) is 3.92. The molecule has 0 aliphatic carbocycles. The molecule has 4 rings (SSSR count). The number of H-pyrrole nitrogens is 1. The van der Waals surface area contributed by atoms with Gasteiger partial charge in [0.1, 0.15) is 5.75 Å². The molecule has 0 radical (unpaired) electrons. The molecule has 7 heteroatoms. The zero-order valence-corrected chi connectivity index (χ0v) is 18.7. The van der Waals surface area contributed by atoms with Crippen LogP contribution in [-0.2, 0) is 4.74 Å². The number of piperazine rings is 1. The summed E-state index contributed by atoms with van der Waals surface area (Å²) in [5.74, 6) is 0.469. The standard InChI is InChI=1S/C24H28ClN3O3/c1-27-9-11-28(12-10-27)8-3-13-31-18-6-4-17(5-7-18)19-14-20-21(24(29)30-2)16-26-23(20)15-22(19)25/h4-7,14-16,26H,3,8-13H2,1-2H3. The van der Waals surface area contributed by atoms with Crippen LogP contribution in [0, 0.1) is 0 Å². The molecule has 31 heavy (non-hydrogen) atoms. The first kappa shape index (κ1) is 21.7. The van der Waals surface area contributed by atoms with Gasteiger partial charge < -0.3 is 24.3 Å². The molecule has 3 aromatic rings. The predicted molar refractivity (Wildman–Crippen MR) is 124 cm³/mol. The number of aromatic amines is 1. The van der Waals surface area contributed by atoms with Gasteiger partial charge in [0, 0.05) is 55.4 Å². The molecule has 0 bridgehead atoms. The third-order valence-electron chi connectivity index (χ3n) is 5.82. The van der Waals surface area contributed by atoms with Crippen LogP contribution in [0.2, 0.25) is 5.02 Å². The molecule has 1 aromatic heterocycles. The second kappa shape index (κ2) is 9.73. The fraction of sp³-hybridized carbons (Fsp3) is 0.375. The molecule has 1 fully saturated rings. The molecular weight excluding hydrogens is 414 g/mol. The van der Waals surface area contributed by atoms with Gasteiger partial charge in [-0.15, -0.1) is 0 Å². The first-order chi connectivity index (χ1) is 15.0. The normalized spacial score (nSPS) is 15.3. The van der Waals surface area contributed by atoms with Crippen LogP contribution in [0.1, 0.15) is 16.8 Å². The van der Waals surface area contributed by atoms with Gasteiger partial charge in [-0.2, -0.15) is 0 Å². The summed E-state index contributed by atoms with van der Waals surface area (Å²) in [6.45, 7) is 6.32. The van der Waals surface area contributed by atoms with Gasteiger partial charge in [-0.05, 0) is 43.3 Å². The van der Waals surface area contributed by atoms with Gasteiger partial charge in [-0.3, -0.25) is 0 Å². The topological polar surface area (TPSA) is 57.8 Å². The van der Waals surface area contributed by atoms with E-state index in [-0.39, 0.29) is 5.97 Å². The first-order valence-electron chi connectivity index (χ1n) is 10.6. The Hall–Kier alpha value is -2.54. The molecule has 1 aliphatic rings. The molecule has 0 saturated carbocycles. The summed E-state index contributed by atoms with van der Waals surface area (Å²) in [5, 5.41) is 1.40. The molecule has 0 spiro atoms. The van der Waals surface area contributed by atoms with E-state index in [0.717, 1.165) is 66.9 Å². The molecule has 0 amide bonds. The van der Waals surface area contributed by atoms with Crippen LogP contribution in [0.4, 0.5) is 0 Å². The quantitative estimate of drug-likeness (QED) is 0.438. The number of aromatic nitrogens is 1. The van der Waals surface area contributed by atoms with Crippen LogP contribution in [-0.4, -0.2) is 74.2 Å². The minimum absolute atomic E-state index is 0.375. The maximum atomic E-state index is 12.0. The van der Waals surface area contributed by atoms with Gasteiger partial charge in [0.25, 0.3) is 0 Å². The van der Waals surface area contributed by atoms with Crippen LogP contribution in [0.3, 0.4) is 0 Å². The Morgan fingerprint density at radius 3 is 2.58 bits per heavy atom. The molecule has 2 aromatic carbocycles. The summed E-state index contributed by atoms with van der Waals surface area (Å²) >= 11 is 6.51. The number of ether oxygens (including phenoxy) is 2. The molecule has 164 valence electrons. The Morgan fingerprint density at radius 1 is 1.13 bits per heavy atom. The van der Waals surface area contributed by atoms with Crippen molar-refractivity contribution in [3.63, 3.8) is 0 Å². The van der Waals surface area contributed by atoms with Gasteiger partial charge in [-0.1, -0.05) is 23.7 Å². The van der Waals surface area contributed by atoms with Crippen molar-refractivity contribution in [2.75, 3.05) is 53.5 Å². The average molecular weight is 442 g/mol. The van der Waals surface area contributed by atoms with Crippen molar-refractivity contribution in [2.24, 2.45) is 0 Å². The highest BCUT2D eigenvalue weighted by Gasteiger charge is 2.16. The molecule has 2 heterocycles. The van der Waals surface area contributed by atoms with Crippen molar-refractivity contribution in [3.8, 4) is 16.9 Å². The van der Waals surface area contributed by atoms with E-state index in [1.807, 2.05) is 36.4 Å². The smallest absolute Gasteiger partial charge is 0.340 e. The van der Waals surface area contributed by atoms with Crippen molar-refractivity contribution in [2.45, 2.75) is 6.42 Å². The first-order valence-corrected chi connectivity index (χ1v) is 11.0. The van der Waals surface area contributed by atoms with Crippen LogP contribution >= 0.6 is 11.6 Å². The van der Waals surface area contributed by atoms with E-state index in [0.29, 0.717) is 17.2 Å². The lowest BCUT2D eigenvalue weighted by Gasteiger charge is -2.32. The van der Waals surface area contributed by atoms with E-state index < -0.39 is 0 Å². The second-order valence-electron chi connectivity index (χ2n) is 7.94. The van der Waals surface area contributed by atoms with E-state index in [4.69, 9.17) is 21.1 Å². The number of esters is 1. The number of carbonyl (C=O) groups is 1. The molecule has 6 nitrogen and oxygen atoms in total. The van der Waals surface area contributed by atoms with Crippen molar-refractivity contribution in [1.82, 2.24) is 14.8 Å². The number of rotatable bonds is 7. The van der Waals surface area contributed by atoms with Crippen LogP contribution in [0.25, 0.3) is 22.0 Å². The summed E-state index contributed by atoms with van der Waals surface area (Å²) in [6, 6.07) is 11.7. The van der Waals surface area contributed by atoms with E-state index in [1.54, 1.807) is 6.20 Å². The van der Waals surface area contributed by atoms with Crippen molar-refractivity contribution >= 4 is 28.5 Å². The van der Waals surface area contributed by atoms with Gasteiger partial charge in [0.05, 0.1) is 24.3 Å². The Kier molecular flexibility index (Phi) is 6.80. The van der Waals surface area contributed by atoms with E-state index >= 15 is 0 Å². The number of fused-ring (bicyclic) bond motifs is 1. The van der Waals surface area contributed by atoms with Gasteiger partial charge in [0.15, 0.2) is 0 Å². The van der Waals surface area contributed by atoms with E-state index in [9.17, 15) is 4.79 Å². The number of hydrogen-bond acceptors (Lipinski definition) is 5. The lowest BCUT2D eigenvalue weighted by molar-refractivity contribution is 0.0603. The minimum atomic E-state index is -0.375. The molecule has 1 saturated heterocycles. The average Bonchev–Trinajstić information content (AvgIpc) is 3.20. The highest BCUT2D eigenvalue weighted by Crippen LogP contribution is 2.34. The number of likely N-dealkylation sites (N-methyl/N-ethyl adjacent to an activating group) is 1. The minimum Gasteiger partial charge on any atom is -0.494 e. The molecule has 0 unspecified atom stereocenters. The zero-order chi connectivity index (χ0) is 21.8. The SMILES string of the molecule is COC(=O)c1c[nH]c2cc(Cl)c(-c3ccc(OCCCN4CCN(C)CC4)cc3)cc12. The Bertz CT molecular complexity index is 1040. The van der Waals surface area contributed by atoms with Crippen molar-refractivity contribution in [3.05, 3.63) is 53.2 Å². The number of nitrogens with one attached hydrogen (secondary N) is 1. The number of hydrogen-bond donors (Lipinski definition) is 1. The van der Waals surface area contributed by atoms with Gasteiger partial charge >= 0.3 is 5.97 Å². The molecule has 1 aliphatic heterocycles. The Morgan fingerprint density at radius 2 is 1.87 bits per heavy atom. The lowest BCUT2D eigenvalue weighted by atomic mass is 10.0. The third kappa shape index (κ3) is 5.03. The molecule has 1 N–H and O–H groups in total. The summed E-state index contributed by atoms with van der Waals surface area (Å²) in [5.41, 5.74) is 3.12. The van der Waals surface area contributed by atoms with E-state index in [1.165, 1.54) is 7.11 Å². The maximum absolute atomic E-state index is 12.0. The number of nitrogens with zero attached hydrogens (tertiary/aromatic N) is 2. The largest absolute Gasteiger partial charge is 0.494 e. The molecule has 0 atom stereocenters. The Labute approximate surface area is 187 Å². The van der Waals surface area contributed by atoms with Gasteiger partial charge in [0.2, 0.25) is 0 Å². The second-order valence-corrected chi connectivity index (χ2v) is 8.35. The number of carbonyl (C=O) groups excluding carboxylic acids is 1. The number of methoxy groups -OCH3 is 1. The fourth-order valence-corrected chi connectivity index (χ4v) is 4.20. The summed E-state index contributed by atoms with van der Waals surface area (Å²) in [4.78, 5) is 19.9. The van der Waals surface area contributed by atoms with Crippen LogP contribution in [0.5, 0.6) is 5.75 Å². The number of benzene rings is 2. The summed E-state index contributed by atoms with van der Waals surface area (Å²) in [6.07, 6.45) is 2.66. The predicted octanol–water partition coefficient (Wildman–Crippen LogP) is 4.29. The number of halogens is 1. The van der Waals surface area contributed by atoms with E-state index in [2.05, 4.69) is 21.8 Å². The monoisotopic (exact) mass is 441 g/mol. The summed E-state index contributed by atoms with van der Waals surface area (Å²) in [7, 11) is 3.55. The molecular formula is C24H28ClN3O3. The third-order valence-corrected chi connectivity index (χ3v) is 6.14. The lowest BCUT2D eigenvalue weighted by Crippen LogP contribution is -2.44. The van der Waals surface area contributed by atoms with Crippen LogP contribution < -0.4 is 4.74 Å².